The van der Waals surface area contributed by atoms with Crippen molar-refractivity contribution in [1.82, 2.24) is 10.3 Å². The zero-order chi connectivity index (χ0) is 14.4. The van der Waals surface area contributed by atoms with Crippen molar-refractivity contribution in [1.29, 1.82) is 0 Å². The number of rotatable bonds is 6. The predicted molar refractivity (Wildman–Crippen MR) is 92.9 cm³/mol. The van der Waals surface area contributed by atoms with Crippen molar-refractivity contribution in [3.8, 4) is 0 Å². The Hall–Kier alpha value is -0.940. The summed E-state index contributed by atoms with van der Waals surface area (Å²) in [6.07, 6.45) is 3.96. The lowest BCUT2D eigenvalue weighted by atomic mass is 10.0. The fourth-order valence-corrected chi connectivity index (χ4v) is 2.60. The summed E-state index contributed by atoms with van der Waals surface area (Å²) in [7, 11) is 0. The van der Waals surface area contributed by atoms with Gasteiger partial charge in [-0.3, -0.25) is 4.98 Å². The molecule has 3 heteroatoms. The highest BCUT2D eigenvalue weighted by atomic mass is 127. The molecule has 0 aliphatic carbocycles. The van der Waals surface area contributed by atoms with Gasteiger partial charge in [0.2, 0.25) is 0 Å². The highest BCUT2D eigenvalue weighted by Crippen LogP contribution is 2.19. The fourth-order valence-electron chi connectivity index (χ4n) is 2.24. The van der Waals surface area contributed by atoms with E-state index in [0.29, 0.717) is 6.04 Å². The molecule has 2 aromatic rings. The van der Waals surface area contributed by atoms with Crippen LogP contribution in [-0.4, -0.2) is 11.5 Å². The molecule has 1 aromatic carbocycles. The van der Waals surface area contributed by atoms with Crippen molar-refractivity contribution in [2.45, 2.75) is 32.7 Å². The molecule has 0 saturated carbocycles. The second kappa shape index (κ2) is 7.74. The molecule has 0 amide bonds. The maximum Gasteiger partial charge on any atom is 0.0422 e. The number of hydrogen-bond acceptors (Lipinski definition) is 2. The number of hydrogen-bond donors (Lipinski definition) is 1. The molecule has 0 saturated heterocycles. The van der Waals surface area contributed by atoms with Crippen LogP contribution >= 0.6 is 22.6 Å². The van der Waals surface area contributed by atoms with Crippen molar-refractivity contribution in [3.63, 3.8) is 0 Å². The van der Waals surface area contributed by atoms with E-state index in [1.165, 1.54) is 14.7 Å². The quantitative estimate of drug-likeness (QED) is 0.762. The average molecular weight is 380 g/mol. The Labute approximate surface area is 135 Å². The van der Waals surface area contributed by atoms with Crippen LogP contribution in [0.2, 0.25) is 0 Å². The average Bonchev–Trinajstić information content (AvgIpc) is 2.48. The molecule has 2 nitrogen and oxygen atoms in total. The molecule has 0 aliphatic rings. The van der Waals surface area contributed by atoms with Crippen LogP contribution in [-0.2, 0) is 12.8 Å². The SMILES string of the molecule is CCNC(Cc1ccc(CC)cn1)c1ccc(I)cc1. The number of nitrogens with one attached hydrogen (secondary N) is 1. The minimum atomic E-state index is 0.331. The van der Waals surface area contributed by atoms with Crippen LogP contribution in [0, 0.1) is 3.57 Å². The summed E-state index contributed by atoms with van der Waals surface area (Å²) in [6.45, 7) is 5.26. The summed E-state index contributed by atoms with van der Waals surface area (Å²) in [4.78, 5) is 4.57. The summed E-state index contributed by atoms with van der Waals surface area (Å²) in [6, 6.07) is 13.4. The molecule has 2 rings (SSSR count). The maximum atomic E-state index is 4.57. The van der Waals surface area contributed by atoms with E-state index in [0.717, 1.165) is 25.1 Å². The Balaban J connectivity index is 2.13. The highest BCUT2D eigenvalue weighted by molar-refractivity contribution is 14.1. The van der Waals surface area contributed by atoms with E-state index in [4.69, 9.17) is 0 Å². The zero-order valence-corrected chi connectivity index (χ0v) is 14.2. The molecule has 1 atom stereocenters. The number of pyridine rings is 1. The van der Waals surface area contributed by atoms with Crippen molar-refractivity contribution < 1.29 is 0 Å². The number of nitrogens with zero attached hydrogens (tertiary/aromatic N) is 1. The van der Waals surface area contributed by atoms with E-state index in [2.05, 4.69) is 83.1 Å². The Morgan fingerprint density at radius 1 is 1.10 bits per heavy atom. The van der Waals surface area contributed by atoms with Gasteiger partial charge < -0.3 is 5.32 Å². The Morgan fingerprint density at radius 2 is 1.85 bits per heavy atom. The van der Waals surface area contributed by atoms with Crippen molar-refractivity contribution in [3.05, 3.63) is 63.0 Å². The van der Waals surface area contributed by atoms with E-state index >= 15 is 0 Å². The second-order valence-corrected chi connectivity index (χ2v) is 6.12. The summed E-state index contributed by atoms with van der Waals surface area (Å²) in [5.74, 6) is 0. The standard InChI is InChI=1S/C17H21IN2/c1-3-13-5-10-16(20-12-13)11-17(19-4-2)14-6-8-15(18)9-7-14/h5-10,12,17,19H,3-4,11H2,1-2H3. The lowest BCUT2D eigenvalue weighted by molar-refractivity contribution is 0.544. The van der Waals surface area contributed by atoms with Gasteiger partial charge in [0.1, 0.15) is 0 Å². The largest absolute Gasteiger partial charge is 0.310 e. The number of benzene rings is 1. The van der Waals surface area contributed by atoms with Crippen LogP contribution in [0.5, 0.6) is 0 Å². The van der Waals surface area contributed by atoms with Crippen molar-refractivity contribution in [2.75, 3.05) is 6.54 Å². The van der Waals surface area contributed by atoms with Gasteiger partial charge in [-0.1, -0.05) is 32.0 Å². The molecule has 106 valence electrons. The number of halogens is 1. The third kappa shape index (κ3) is 4.28. The van der Waals surface area contributed by atoms with Gasteiger partial charge in [0.05, 0.1) is 0 Å². The molecule has 0 radical (unpaired) electrons. The van der Waals surface area contributed by atoms with Crippen LogP contribution in [0.4, 0.5) is 0 Å². The van der Waals surface area contributed by atoms with Crippen molar-refractivity contribution in [2.24, 2.45) is 0 Å². The highest BCUT2D eigenvalue weighted by Gasteiger charge is 2.11. The molecule has 0 fully saturated rings. The number of likely N-dealkylation sites (N-methyl/N-ethyl adjacent to an activating group) is 1. The molecule has 0 bridgehead atoms. The van der Waals surface area contributed by atoms with Gasteiger partial charge in [-0.15, -0.1) is 0 Å². The zero-order valence-electron chi connectivity index (χ0n) is 12.1. The molecule has 20 heavy (non-hydrogen) atoms. The van der Waals surface area contributed by atoms with Gasteiger partial charge in [0.15, 0.2) is 0 Å². The monoisotopic (exact) mass is 380 g/mol. The molecule has 1 heterocycles. The van der Waals surface area contributed by atoms with Crippen LogP contribution in [0.15, 0.2) is 42.6 Å². The van der Waals surface area contributed by atoms with E-state index in [-0.39, 0.29) is 0 Å². The van der Waals surface area contributed by atoms with Gasteiger partial charge in [-0.25, -0.2) is 0 Å². The summed E-state index contributed by atoms with van der Waals surface area (Å²) in [5.41, 5.74) is 3.77. The minimum absolute atomic E-state index is 0.331. The van der Waals surface area contributed by atoms with Gasteiger partial charge in [0, 0.05) is 27.9 Å². The van der Waals surface area contributed by atoms with Gasteiger partial charge in [-0.05, 0) is 64.9 Å². The van der Waals surface area contributed by atoms with Gasteiger partial charge in [-0.2, -0.15) is 0 Å². The lowest BCUT2D eigenvalue weighted by Gasteiger charge is -2.18. The molecular weight excluding hydrogens is 359 g/mol. The van der Waals surface area contributed by atoms with Crippen LogP contribution in [0.3, 0.4) is 0 Å². The third-order valence-corrected chi connectivity index (χ3v) is 4.15. The first-order valence-electron chi connectivity index (χ1n) is 7.15. The number of aromatic nitrogens is 1. The first-order chi connectivity index (χ1) is 9.72. The summed E-state index contributed by atoms with van der Waals surface area (Å²) < 4.78 is 1.27. The van der Waals surface area contributed by atoms with E-state index in [1.807, 2.05) is 6.20 Å². The molecule has 1 aromatic heterocycles. The Kier molecular flexibility index (Phi) is 5.98. The van der Waals surface area contributed by atoms with E-state index in [9.17, 15) is 0 Å². The summed E-state index contributed by atoms with van der Waals surface area (Å²) >= 11 is 2.34. The molecule has 0 spiro atoms. The first kappa shape index (κ1) is 15.4. The van der Waals surface area contributed by atoms with Crippen LogP contribution in [0.25, 0.3) is 0 Å². The van der Waals surface area contributed by atoms with Crippen LogP contribution < -0.4 is 5.32 Å². The molecule has 1 unspecified atom stereocenters. The normalized spacial score (nSPS) is 12.3. The topological polar surface area (TPSA) is 24.9 Å². The van der Waals surface area contributed by atoms with Crippen LogP contribution in [0.1, 0.15) is 36.7 Å². The Morgan fingerprint density at radius 3 is 2.40 bits per heavy atom. The molecular formula is C17H21IN2. The van der Waals surface area contributed by atoms with Crippen molar-refractivity contribution >= 4 is 22.6 Å². The van der Waals surface area contributed by atoms with E-state index < -0.39 is 0 Å². The van der Waals surface area contributed by atoms with Gasteiger partial charge >= 0.3 is 0 Å². The molecule has 0 aliphatic heterocycles. The molecule has 1 N–H and O–H groups in total. The Bertz CT molecular complexity index is 520. The third-order valence-electron chi connectivity index (χ3n) is 3.43. The summed E-state index contributed by atoms with van der Waals surface area (Å²) in [5, 5.41) is 3.55. The number of aryl methyl sites for hydroxylation is 1. The second-order valence-electron chi connectivity index (χ2n) is 4.88. The van der Waals surface area contributed by atoms with Gasteiger partial charge in [0.25, 0.3) is 0 Å². The van der Waals surface area contributed by atoms with E-state index in [1.54, 1.807) is 0 Å². The lowest BCUT2D eigenvalue weighted by Crippen LogP contribution is -2.23. The first-order valence-corrected chi connectivity index (χ1v) is 8.23. The maximum absolute atomic E-state index is 4.57. The fraction of sp³-hybridized carbons (Fsp3) is 0.353. The smallest absolute Gasteiger partial charge is 0.0422 e. The predicted octanol–water partition coefficient (Wildman–Crippen LogP) is 4.14. The minimum Gasteiger partial charge on any atom is -0.310 e.